The van der Waals surface area contributed by atoms with Gasteiger partial charge in [-0.3, -0.25) is 4.79 Å². The Kier molecular flexibility index (Phi) is 6.15. The fraction of sp³-hybridized carbons (Fsp3) is 0.619. The number of amides is 1. The van der Waals surface area contributed by atoms with Crippen LogP contribution >= 0.6 is 0 Å². The van der Waals surface area contributed by atoms with Crippen LogP contribution in [0.5, 0.6) is 0 Å². The smallest absolute Gasteiger partial charge is 0.410 e. The van der Waals surface area contributed by atoms with E-state index in [-0.39, 0.29) is 11.5 Å². The largest absolute Gasteiger partial charge is 0.468 e. The van der Waals surface area contributed by atoms with Crippen molar-refractivity contribution >= 4 is 22.1 Å². The Hall–Kier alpha value is -2.13. The molecule has 0 saturated carbocycles. The molecule has 30 heavy (non-hydrogen) atoms. The van der Waals surface area contributed by atoms with Crippen molar-refractivity contribution in [1.82, 2.24) is 9.62 Å². The minimum atomic E-state index is -3.83. The number of hydrogen-bond acceptors (Lipinski definition) is 6. The maximum Gasteiger partial charge on any atom is 0.410 e. The Morgan fingerprint density at radius 1 is 1.20 bits per heavy atom. The van der Waals surface area contributed by atoms with E-state index < -0.39 is 33.4 Å². The van der Waals surface area contributed by atoms with Crippen LogP contribution in [0.15, 0.2) is 24.3 Å². The number of piperidine rings is 1. The lowest BCUT2D eigenvalue weighted by atomic mass is 9.74. The van der Waals surface area contributed by atoms with Crippen LogP contribution in [0.3, 0.4) is 0 Å². The van der Waals surface area contributed by atoms with Crippen molar-refractivity contribution in [3.8, 4) is 0 Å². The van der Waals surface area contributed by atoms with Gasteiger partial charge in [0.2, 0.25) is 10.0 Å². The monoisotopic (exact) mass is 438 g/mol. The summed E-state index contributed by atoms with van der Waals surface area (Å²) in [6, 6.07) is 7.38. The van der Waals surface area contributed by atoms with E-state index in [1.165, 1.54) is 0 Å². The second-order valence-electron chi connectivity index (χ2n) is 9.04. The summed E-state index contributed by atoms with van der Waals surface area (Å²) in [4.78, 5) is 25.6. The van der Waals surface area contributed by atoms with Crippen LogP contribution < -0.4 is 4.72 Å². The zero-order valence-corrected chi connectivity index (χ0v) is 18.8. The number of carbonyl (C=O) groups excluding carboxylic acids is 2. The number of benzene rings is 1. The van der Waals surface area contributed by atoms with Gasteiger partial charge in [0.15, 0.2) is 5.75 Å². The van der Waals surface area contributed by atoms with E-state index >= 15 is 0 Å². The molecular weight excluding hydrogens is 408 g/mol. The van der Waals surface area contributed by atoms with Crippen molar-refractivity contribution in [3.05, 3.63) is 35.4 Å². The number of nitrogens with zero attached hydrogens (tertiary/aromatic N) is 1. The van der Waals surface area contributed by atoms with Gasteiger partial charge in [-0.1, -0.05) is 24.3 Å². The van der Waals surface area contributed by atoms with Crippen LogP contribution in [-0.4, -0.2) is 56.9 Å². The third-order valence-corrected chi connectivity index (χ3v) is 6.99. The number of ether oxygens (including phenoxy) is 2. The third kappa shape index (κ3) is 4.95. The molecule has 1 heterocycles. The van der Waals surface area contributed by atoms with Crippen molar-refractivity contribution in [1.29, 1.82) is 0 Å². The number of nitrogens with one attached hydrogen (secondary N) is 1. The average molecular weight is 439 g/mol. The van der Waals surface area contributed by atoms with Crippen molar-refractivity contribution in [2.24, 2.45) is 0 Å². The number of esters is 1. The molecule has 166 valence electrons. The summed E-state index contributed by atoms with van der Waals surface area (Å²) >= 11 is 0. The van der Waals surface area contributed by atoms with Gasteiger partial charge in [0, 0.05) is 24.5 Å². The van der Waals surface area contributed by atoms with Crippen LogP contribution in [0.25, 0.3) is 0 Å². The van der Waals surface area contributed by atoms with Crippen LogP contribution in [-0.2, 0) is 29.7 Å². The van der Waals surface area contributed by atoms with E-state index in [0.29, 0.717) is 19.5 Å². The summed E-state index contributed by atoms with van der Waals surface area (Å²) in [7, 11) is -2.67. The summed E-state index contributed by atoms with van der Waals surface area (Å²) in [6.45, 7) is 6.62. The first kappa shape index (κ1) is 22.6. The van der Waals surface area contributed by atoms with Gasteiger partial charge in [-0.05, 0) is 51.2 Å². The summed E-state index contributed by atoms with van der Waals surface area (Å²) in [5.74, 6) is -1.50. The molecule has 1 amide bonds. The SMILES string of the molecule is COC(=O)CS(=O)(=O)NC1CC2(CCN(C(=O)OC(C)(C)C)CC2)c2ccccc21. The van der Waals surface area contributed by atoms with Gasteiger partial charge in [-0.25, -0.2) is 17.9 Å². The normalized spacial score (nSPS) is 20.7. The van der Waals surface area contributed by atoms with Crippen molar-refractivity contribution in [2.45, 2.75) is 57.1 Å². The summed E-state index contributed by atoms with van der Waals surface area (Å²) in [5.41, 5.74) is 1.28. The highest BCUT2D eigenvalue weighted by Gasteiger charge is 2.47. The standard InChI is InChI=1S/C21H30N2O6S/c1-20(2,3)29-19(25)23-11-9-21(10-12-23)13-17(15-7-5-6-8-16(15)21)22-30(26,27)14-18(24)28-4/h5-8,17,22H,9-14H2,1-4H3. The number of likely N-dealkylation sites (tertiary alicyclic amines) is 1. The van der Waals surface area contributed by atoms with Gasteiger partial charge in [0.25, 0.3) is 0 Å². The fourth-order valence-electron chi connectivity index (χ4n) is 4.39. The lowest BCUT2D eigenvalue weighted by molar-refractivity contribution is -0.137. The molecular formula is C21H30N2O6S. The molecule has 1 aromatic carbocycles. The number of carbonyl (C=O) groups is 2. The van der Waals surface area contributed by atoms with E-state index in [1.807, 2.05) is 45.0 Å². The highest BCUT2D eigenvalue weighted by atomic mass is 32.2. The van der Waals surface area contributed by atoms with E-state index in [4.69, 9.17) is 4.74 Å². The Bertz CT molecular complexity index is 914. The number of methoxy groups -OCH3 is 1. The maximum absolute atomic E-state index is 12.4. The molecule has 1 aliphatic heterocycles. The second-order valence-corrected chi connectivity index (χ2v) is 10.8. The molecule has 1 atom stereocenters. The number of sulfonamides is 1. The topological polar surface area (TPSA) is 102 Å². The molecule has 0 aromatic heterocycles. The quantitative estimate of drug-likeness (QED) is 0.725. The first-order valence-electron chi connectivity index (χ1n) is 10.1. The molecule has 0 bridgehead atoms. The van der Waals surface area contributed by atoms with Gasteiger partial charge in [-0.15, -0.1) is 0 Å². The lowest BCUT2D eigenvalue weighted by Crippen LogP contribution is -2.46. The zero-order chi connectivity index (χ0) is 22.2. The molecule has 1 saturated heterocycles. The molecule has 2 aliphatic rings. The minimum absolute atomic E-state index is 0.215. The molecule has 8 nitrogen and oxygen atoms in total. The Morgan fingerprint density at radius 2 is 1.83 bits per heavy atom. The van der Waals surface area contributed by atoms with Crippen molar-refractivity contribution in [3.63, 3.8) is 0 Å². The van der Waals surface area contributed by atoms with Gasteiger partial charge in [0.05, 0.1) is 7.11 Å². The fourth-order valence-corrected chi connectivity index (χ4v) is 5.54. The Labute approximate surface area is 178 Å². The highest BCUT2D eigenvalue weighted by molar-refractivity contribution is 7.90. The van der Waals surface area contributed by atoms with Gasteiger partial charge < -0.3 is 14.4 Å². The van der Waals surface area contributed by atoms with Gasteiger partial charge in [0.1, 0.15) is 5.60 Å². The predicted molar refractivity (Wildman–Crippen MR) is 111 cm³/mol. The number of rotatable bonds is 4. The molecule has 9 heteroatoms. The summed E-state index contributed by atoms with van der Waals surface area (Å²) in [6.07, 6.45) is 1.71. The summed E-state index contributed by atoms with van der Waals surface area (Å²) < 4.78 is 37.5. The summed E-state index contributed by atoms with van der Waals surface area (Å²) in [5, 5.41) is 0. The molecule has 1 N–H and O–H groups in total. The van der Waals surface area contributed by atoms with Crippen LogP contribution in [0, 0.1) is 0 Å². The van der Waals surface area contributed by atoms with Gasteiger partial charge >= 0.3 is 12.1 Å². The highest BCUT2D eigenvalue weighted by Crippen LogP contribution is 2.51. The first-order valence-corrected chi connectivity index (χ1v) is 11.7. The van der Waals surface area contributed by atoms with Crippen molar-refractivity contribution < 1.29 is 27.5 Å². The lowest BCUT2D eigenvalue weighted by Gasteiger charge is -2.40. The van der Waals surface area contributed by atoms with E-state index in [9.17, 15) is 18.0 Å². The third-order valence-electron chi connectivity index (χ3n) is 5.73. The molecule has 1 fully saturated rings. The van der Waals surface area contributed by atoms with Crippen molar-refractivity contribution in [2.75, 3.05) is 26.0 Å². The molecule has 1 spiro atoms. The van der Waals surface area contributed by atoms with Crippen LogP contribution in [0.1, 0.15) is 57.2 Å². The number of hydrogen-bond donors (Lipinski definition) is 1. The molecule has 1 aromatic rings. The number of fused-ring (bicyclic) bond motifs is 2. The average Bonchev–Trinajstić information content (AvgIpc) is 2.93. The molecule has 1 unspecified atom stereocenters. The predicted octanol–water partition coefficient (Wildman–Crippen LogP) is 2.49. The Balaban J connectivity index is 1.75. The van der Waals surface area contributed by atoms with Crippen LogP contribution in [0.4, 0.5) is 4.79 Å². The second kappa shape index (κ2) is 8.19. The van der Waals surface area contributed by atoms with E-state index in [1.54, 1.807) is 4.90 Å². The van der Waals surface area contributed by atoms with Crippen LogP contribution in [0.2, 0.25) is 0 Å². The van der Waals surface area contributed by atoms with E-state index in [0.717, 1.165) is 31.1 Å². The zero-order valence-electron chi connectivity index (χ0n) is 17.9. The van der Waals surface area contributed by atoms with Gasteiger partial charge in [-0.2, -0.15) is 0 Å². The molecule has 0 radical (unpaired) electrons. The molecule has 3 rings (SSSR count). The van der Waals surface area contributed by atoms with E-state index in [2.05, 4.69) is 9.46 Å². The molecule has 1 aliphatic carbocycles. The first-order chi connectivity index (χ1) is 13.9. The Morgan fingerprint density at radius 3 is 2.43 bits per heavy atom. The minimum Gasteiger partial charge on any atom is -0.468 e. The maximum atomic E-state index is 12.4.